The number of nitrogens with one attached hydrogen (secondary N) is 1. The quantitative estimate of drug-likeness (QED) is 0.413. The topological polar surface area (TPSA) is 82.0 Å². The van der Waals surface area contributed by atoms with E-state index >= 15 is 0 Å². The number of hydrogen-bond acceptors (Lipinski definition) is 6. The number of benzene rings is 2. The molecule has 32 heavy (non-hydrogen) atoms. The molecule has 1 N–H and O–H groups in total. The SMILES string of the molecule is CC.CO/N=C(/C(=O)Nc1cccnc1-c1ccc(OC)c(OC)c1)c1ccc(C)cc1. The number of methoxy groups -OCH3 is 2. The summed E-state index contributed by atoms with van der Waals surface area (Å²) in [7, 11) is 4.55. The average molecular weight is 436 g/mol. The zero-order chi connectivity index (χ0) is 23.5. The van der Waals surface area contributed by atoms with Gasteiger partial charge in [0.2, 0.25) is 0 Å². The number of oxime groups is 1. The number of ether oxygens (including phenoxy) is 2. The van der Waals surface area contributed by atoms with Crippen molar-refractivity contribution in [2.45, 2.75) is 20.8 Å². The van der Waals surface area contributed by atoms with E-state index < -0.39 is 5.91 Å². The molecule has 0 radical (unpaired) electrons. The Labute approximate surface area is 189 Å². The van der Waals surface area contributed by atoms with E-state index in [9.17, 15) is 4.79 Å². The molecule has 0 atom stereocenters. The van der Waals surface area contributed by atoms with Crippen LogP contribution in [0, 0.1) is 6.92 Å². The van der Waals surface area contributed by atoms with Crippen molar-refractivity contribution < 1.29 is 19.1 Å². The van der Waals surface area contributed by atoms with Crippen LogP contribution in [0.25, 0.3) is 11.3 Å². The van der Waals surface area contributed by atoms with E-state index in [1.165, 1.54) is 7.11 Å². The van der Waals surface area contributed by atoms with Crippen molar-refractivity contribution >= 4 is 17.3 Å². The van der Waals surface area contributed by atoms with Gasteiger partial charge in [-0.05, 0) is 37.3 Å². The Morgan fingerprint density at radius 1 is 0.938 bits per heavy atom. The van der Waals surface area contributed by atoms with Crippen molar-refractivity contribution in [3.05, 3.63) is 71.9 Å². The Bertz CT molecular complexity index is 1060. The fraction of sp³-hybridized carbons (Fsp3) is 0.240. The summed E-state index contributed by atoms with van der Waals surface area (Å²) in [5.41, 5.74) is 3.79. The van der Waals surface area contributed by atoms with E-state index in [1.807, 2.05) is 51.1 Å². The van der Waals surface area contributed by atoms with Crippen LogP contribution in [0.15, 0.2) is 65.9 Å². The van der Waals surface area contributed by atoms with Gasteiger partial charge >= 0.3 is 0 Å². The Balaban J connectivity index is 0.00000176. The van der Waals surface area contributed by atoms with E-state index in [0.717, 1.165) is 11.1 Å². The third-order valence-electron chi connectivity index (χ3n) is 4.44. The number of aryl methyl sites for hydroxylation is 1. The van der Waals surface area contributed by atoms with Crippen molar-refractivity contribution in [1.82, 2.24) is 4.98 Å². The second kappa shape index (κ2) is 12.1. The van der Waals surface area contributed by atoms with Crippen LogP contribution >= 0.6 is 0 Å². The van der Waals surface area contributed by atoms with E-state index in [0.29, 0.717) is 28.4 Å². The molecule has 0 aliphatic carbocycles. The van der Waals surface area contributed by atoms with Crippen LogP contribution in [0.1, 0.15) is 25.0 Å². The van der Waals surface area contributed by atoms with Gasteiger partial charge in [-0.1, -0.05) is 48.8 Å². The van der Waals surface area contributed by atoms with Crippen LogP contribution in [0.2, 0.25) is 0 Å². The molecule has 0 saturated carbocycles. The third-order valence-corrected chi connectivity index (χ3v) is 4.44. The Morgan fingerprint density at radius 2 is 1.62 bits per heavy atom. The number of aromatic nitrogens is 1. The molecule has 168 valence electrons. The molecule has 3 rings (SSSR count). The van der Waals surface area contributed by atoms with Crippen molar-refractivity contribution in [2.75, 3.05) is 26.6 Å². The molecule has 0 unspecified atom stereocenters. The minimum Gasteiger partial charge on any atom is -0.493 e. The molecule has 1 aromatic heterocycles. The van der Waals surface area contributed by atoms with Gasteiger partial charge in [0.15, 0.2) is 17.2 Å². The van der Waals surface area contributed by atoms with Gasteiger partial charge in [-0.2, -0.15) is 0 Å². The number of nitrogens with zero attached hydrogens (tertiary/aromatic N) is 2. The minimum atomic E-state index is -0.407. The smallest absolute Gasteiger partial charge is 0.278 e. The van der Waals surface area contributed by atoms with Crippen LogP contribution in [-0.2, 0) is 9.63 Å². The first-order valence-electron chi connectivity index (χ1n) is 10.2. The monoisotopic (exact) mass is 435 g/mol. The molecular weight excluding hydrogens is 406 g/mol. The van der Waals surface area contributed by atoms with Crippen LogP contribution in [0.3, 0.4) is 0 Å². The first-order chi connectivity index (χ1) is 15.6. The number of rotatable bonds is 7. The highest BCUT2D eigenvalue weighted by molar-refractivity contribution is 6.48. The van der Waals surface area contributed by atoms with E-state index in [1.54, 1.807) is 44.7 Å². The second-order valence-corrected chi connectivity index (χ2v) is 6.41. The normalized spacial score (nSPS) is 10.5. The zero-order valence-corrected chi connectivity index (χ0v) is 19.3. The zero-order valence-electron chi connectivity index (χ0n) is 19.3. The fourth-order valence-electron chi connectivity index (χ4n) is 2.93. The largest absolute Gasteiger partial charge is 0.493 e. The Hall–Kier alpha value is -3.87. The number of hydrogen-bond donors (Lipinski definition) is 1. The van der Waals surface area contributed by atoms with Gasteiger partial charge < -0.3 is 19.6 Å². The summed E-state index contributed by atoms with van der Waals surface area (Å²) < 4.78 is 10.7. The van der Waals surface area contributed by atoms with Crippen molar-refractivity contribution in [1.29, 1.82) is 0 Å². The molecular formula is C25H29N3O4. The summed E-state index contributed by atoms with van der Waals surface area (Å²) in [6, 6.07) is 16.4. The van der Waals surface area contributed by atoms with E-state index in [4.69, 9.17) is 14.3 Å². The molecule has 2 aromatic carbocycles. The van der Waals surface area contributed by atoms with E-state index in [2.05, 4.69) is 15.5 Å². The first-order valence-corrected chi connectivity index (χ1v) is 10.2. The number of amides is 1. The van der Waals surface area contributed by atoms with Crippen LogP contribution in [0.4, 0.5) is 5.69 Å². The lowest BCUT2D eigenvalue weighted by Gasteiger charge is -2.13. The third kappa shape index (κ3) is 5.85. The standard InChI is InChI=1S/C23H23N3O4.C2H6/c1-15-7-9-16(10-8-15)22(26-30-4)23(27)25-18-6-5-13-24-21(18)17-11-12-19(28-2)20(14-17)29-3;1-2/h5-14H,1-4H3,(H,25,27);1-2H3/b26-22+;. The lowest BCUT2D eigenvalue weighted by Crippen LogP contribution is -2.24. The molecule has 3 aromatic rings. The maximum absolute atomic E-state index is 13.0. The number of anilines is 1. The van der Waals surface area contributed by atoms with Crippen LogP contribution in [-0.4, -0.2) is 37.9 Å². The summed E-state index contributed by atoms with van der Waals surface area (Å²) >= 11 is 0. The molecule has 7 nitrogen and oxygen atoms in total. The van der Waals surface area contributed by atoms with Gasteiger partial charge in [-0.25, -0.2) is 0 Å². The summed E-state index contributed by atoms with van der Waals surface area (Å²) in [4.78, 5) is 22.3. The first kappa shape index (κ1) is 24.4. The molecule has 0 bridgehead atoms. The average Bonchev–Trinajstić information content (AvgIpc) is 2.84. The highest BCUT2D eigenvalue weighted by Crippen LogP contribution is 2.34. The predicted octanol–water partition coefficient (Wildman–Crippen LogP) is 5.09. The van der Waals surface area contributed by atoms with Gasteiger partial charge in [-0.3, -0.25) is 9.78 Å². The molecule has 7 heteroatoms. The number of carbonyl (C=O) groups excluding carboxylic acids is 1. The maximum Gasteiger partial charge on any atom is 0.278 e. The lowest BCUT2D eigenvalue weighted by atomic mass is 10.1. The van der Waals surface area contributed by atoms with Crippen molar-refractivity contribution in [3.63, 3.8) is 0 Å². The molecule has 1 heterocycles. The molecule has 0 saturated heterocycles. The van der Waals surface area contributed by atoms with Crippen molar-refractivity contribution in [2.24, 2.45) is 5.16 Å². The highest BCUT2D eigenvalue weighted by atomic mass is 16.6. The minimum absolute atomic E-state index is 0.166. The van der Waals surface area contributed by atoms with Gasteiger partial charge in [0.05, 0.1) is 25.6 Å². The van der Waals surface area contributed by atoms with Gasteiger partial charge in [0.1, 0.15) is 7.11 Å². The predicted molar refractivity (Wildman–Crippen MR) is 127 cm³/mol. The number of pyridine rings is 1. The summed E-state index contributed by atoms with van der Waals surface area (Å²) in [5.74, 6) is 0.770. The molecule has 0 fully saturated rings. The lowest BCUT2D eigenvalue weighted by molar-refractivity contribution is -0.110. The Kier molecular flexibility index (Phi) is 9.22. The molecule has 1 amide bonds. The second-order valence-electron chi connectivity index (χ2n) is 6.41. The Morgan fingerprint density at radius 3 is 2.25 bits per heavy atom. The summed E-state index contributed by atoms with van der Waals surface area (Å²) in [5, 5.41) is 6.81. The fourth-order valence-corrected chi connectivity index (χ4v) is 2.93. The van der Waals surface area contributed by atoms with Crippen LogP contribution < -0.4 is 14.8 Å². The van der Waals surface area contributed by atoms with E-state index in [-0.39, 0.29) is 5.71 Å². The van der Waals surface area contributed by atoms with Gasteiger partial charge in [-0.15, -0.1) is 0 Å². The van der Waals surface area contributed by atoms with Gasteiger partial charge in [0, 0.05) is 17.3 Å². The highest BCUT2D eigenvalue weighted by Gasteiger charge is 2.18. The summed E-state index contributed by atoms with van der Waals surface area (Å²) in [6.45, 7) is 5.97. The molecule has 0 aliphatic rings. The number of carbonyl (C=O) groups is 1. The van der Waals surface area contributed by atoms with Crippen LogP contribution in [0.5, 0.6) is 11.5 Å². The molecule has 0 spiro atoms. The van der Waals surface area contributed by atoms with Gasteiger partial charge in [0.25, 0.3) is 5.91 Å². The summed E-state index contributed by atoms with van der Waals surface area (Å²) in [6.07, 6.45) is 1.66. The maximum atomic E-state index is 13.0. The molecule has 0 aliphatic heterocycles. The van der Waals surface area contributed by atoms with Crippen molar-refractivity contribution in [3.8, 4) is 22.8 Å².